The van der Waals surface area contributed by atoms with Crippen LogP contribution in [-0.4, -0.2) is 20.5 Å². The molecule has 0 aromatic carbocycles. The van der Waals surface area contributed by atoms with E-state index in [1.807, 2.05) is 19.2 Å². The molecule has 0 aliphatic carbocycles. The molecule has 15 heavy (non-hydrogen) atoms. The maximum atomic E-state index is 11.3. The van der Waals surface area contributed by atoms with E-state index in [-0.39, 0.29) is 5.78 Å². The van der Waals surface area contributed by atoms with Gasteiger partial charge in [0.15, 0.2) is 11.6 Å². The number of pyridine rings is 1. The van der Waals surface area contributed by atoms with E-state index in [0.29, 0.717) is 17.8 Å². The maximum absolute atomic E-state index is 11.3. The molecule has 0 aliphatic heterocycles. The van der Waals surface area contributed by atoms with E-state index < -0.39 is 0 Å². The molecule has 0 unspecified atom stereocenters. The largest absolute Gasteiger partial charge is 0.294 e. The molecule has 2 aromatic heterocycles. The summed E-state index contributed by atoms with van der Waals surface area (Å²) in [5.41, 5.74) is 0.647. The average Bonchev–Trinajstić information content (AvgIpc) is 2.82. The summed E-state index contributed by atoms with van der Waals surface area (Å²) >= 11 is 0. The van der Waals surface area contributed by atoms with Crippen LogP contribution >= 0.6 is 0 Å². The van der Waals surface area contributed by atoms with Gasteiger partial charge >= 0.3 is 0 Å². The van der Waals surface area contributed by atoms with Crippen LogP contribution < -0.4 is 0 Å². The van der Waals surface area contributed by atoms with Gasteiger partial charge in [0, 0.05) is 30.6 Å². The third-order valence-corrected chi connectivity index (χ3v) is 2.13. The van der Waals surface area contributed by atoms with Crippen molar-refractivity contribution < 1.29 is 4.79 Å². The maximum Gasteiger partial charge on any atom is 0.164 e. The lowest BCUT2D eigenvalue weighted by Gasteiger charge is -2.01. The molecule has 2 heterocycles. The number of aromatic nitrogens is 3. The molecule has 4 nitrogen and oxygen atoms in total. The van der Waals surface area contributed by atoms with Crippen molar-refractivity contribution in [2.24, 2.45) is 0 Å². The number of carbonyl (C=O) groups is 1. The highest BCUT2D eigenvalue weighted by Crippen LogP contribution is 2.06. The van der Waals surface area contributed by atoms with Crippen molar-refractivity contribution in [3.8, 4) is 5.82 Å². The van der Waals surface area contributed by atoms with Gasteiger partial charge in [0.2, 0.25) is 0 Å². The quantitative estimate of drug-likeness (QED) is 0.712. The van der Waals surface area contributed by atoms with Gasteiger partial charge in [-0.2, -0.15) is 5.10 Å². The SMILES string of the molecule is CCC(=O)c1ccc(-n2cccn2)nc1. The number of rotatable bonds is 3. The van der Waals surface area contributed by atoms with Gasteiger partial charge in [-0.1, -0.05) is 6.92 Å². The first-order valence-electron chi connectivity index (χ1n) is 4.80. The highest BCUT2D eigenvalue weighted by Gasteiger charge is 2.03. The van der Waals surface area contributed by atoms with Crippen molar-refractivity contribution in [2.75, 3.05) is 0 Å². The lowest BCUT2D eigenvalue weighted by atomic mass is 10.1. The predicted molar refractivity (Wildman–Crippen MR) is 56.0 cm³/mol. The number of hydrogen-bond acceptors (Lipinski definition) is 3. The summed E-state index contributed by atoms with van der Waals surface area (Å²) in [6.45, 7) is 1.84. The second-order valence-corrected chi connectivity index (χ2v) is 3.13. The molecule has 0 N–H and O–H groups in total. The molecule has 0 bridgehead atoms. The first-order chi connectivity index (χ1) is 7.31. The highest BCUT2D eigenvalue weighted by atomic mass is 16.1. The van der Waals surface area contributed by atoms with Gasteiger partial charge in [-0.05, 0) is 18.2 Å². The predicted octanol–water partition coefficient (Wildman–Crippen LogP) is 1.86. The van der Waals surface area contributed by atoms with Crippen LogP contribution in [0.4, 0.5) is 0 Å². The Bertz CT molecular complexity index is 445. The second-order valence-electron chi connectivity index (χ2n) is 3.13. The van der Waals surface area contributed by atoms with Gasteiger partial charge in [0.05, 0.1) is 0 Å². The number of Topliss-reactive ketones (excluding diaryl/α,β-unsaturated/α-hetero) is 1. The van der Waals surface area contributed by atoms with Crippen molar-refractivity contribution in [2.45, 2.75) is 13.3 Å². The van der Waals surface area contributed by atoms with Gasteiger partial charge in [0.1, 0.15) is 0 Å². The molecule has 0 saturated heterocycles. The molecular weight excluding hydrogens is 190 g/mol. The molecule has 76 valence electrons. The Labute approximate surface area is 87.6 Å². The summed E-state index contributed by atoms with van der Waals surface area (Å²) in [6.07, 6.45) is 5.59. The Morgan fingerprint density at radius 1 is 1.47 bits per heavy atom. The van der Waals surface area contributed by atoms with Crippen molar-refractivity contribution in [3.63, 3.8) is 0 Å². The number of hydrogen-bond donors (Lipinski definition) is 0. The second kappa shape index (κ2) is 4.04. The summed E-state index contributed by atoms with van der Waals surface area (Å²) in [6, 6.07) is 5.39. The number of ketones is 1. The highest BCUT2D eigenvalue weighted by molar-refractivity contribution is 5.95. The van der Waals surface area contributed by atoms with Crippen molar-refractivity contribution in [3.05, 3.63) is 42.4 Å². The minimum atomic E-state index is 0.106. The molecule has 0 saturated carbocycles. The normalized spacial score (nSPS) is 10.2. The number of carbonyl (C=O) groups excluding carboxylic acids is 1. The summed E-state index contributed by atoms with van der Waals surface area (Å²) in [7, 11) is 0. The van der Waals surface area contributed by atoms with Crippen LogP contribution in [0.5, 0.6) is 0 Å². The third kappa shape index (κ3) is 1.93. The molecule has 0 fully saturated rings. The van der Waals surface area contributed by atoms with Crippen LogP contribution in [-0.2, 0) is 0 Å². The number of nitrogens with zero attached hydrogens (tertiary/aromatic N) is 3. The summed E-state index contributed by atoms with van der Waals surface area (Å²) in [5, 5.41) is 4.05. The standard InChI is InChI=1S/C11H11N3O/c1-2-10(15)9-4-5-11(12-8-9)14-7-3-6-13-14/h3-8H,2H2,1H3. The van der Waals surface area contributed by atoms with Crippen molar-refractivity contribution in [1.29, 1.82) is 0 Å². The summed E-state index contributed by atoms with van der Waals surface area (Å²) in [4.78, 5) is 15.5. The van der Waals surface area contributed by atoms with Crippen LogP contribution in [0.1, 0.15) is 23.7 Å². The van der Waals surface area contributed by atoms with Gasteiger partial charge in [-0.25, -0.2) is 9.67 Å². The first kappa shape index (κ1) is 9.58. The van der Waals surface area contributed by atoms with E-state index >= 15 is 0 Å². The van der Waals surface area contributed by atoms with Gasteiger partial charge in [0.25, 0.3) is 0 Å². The van der Waals surface area contributed by atoms with Gasteiger partial charge in [-0.3, -0.25) is 4.79 Å². The van der Waals surface area contributed by atoms with Crippen LogP contribution in [0.2, 0.25) is 0 Å². The Morgan fingerprint density at radius 3 is 2.87 bits per heavy atom. The Kier molecular flexibility index (Phi) is 2.58. The van der Waals surface area contributed by atoms with Crippen LogP contribution in [0.3, 0.4) is 0 Å². The van der Waals surface area contributed by atoms with E-state index in [1.54, 1.807) is 29.2 Å². The van der Waals surface area contributed by atoms with E-state index in [0.717, 1.165) is 0 Å². The molecule has 2 rings (SSSR count). The molecular formula is C11H11N3O. The van der Waals surface area contributed by atoms with E-state index in [4.69, 9.17) is 0 Å². The fourth-order valence-corrected chi connectivity index (χ4v) is 1.29. The zero-order valence-corrected chi connectivity index (χ0v) is 8.42. The van der Waals surface area contributed by atoms with Gasteiger partial charge in [-0.15, -0.1) is 0 Å². The fraction of sp³-hybridized carbons (Fsp3) is 0.182. The van der Waals surface area contributed by atoms with Crippen molar-refractivity contribution >= 4 is 5.78 Å². The van der Waals surface area contributed by atoms with Crippen LogP contribution in [0.25, 0.3) is 5.82 Å². The topological polar surface area (TPSA) is 47.8 Å². The summed E-state index contributed by atoms with van der Waals surface area (Å²) in [5.74, 6) is 0.821. The fourth-order valence-electron chi connectivity index (χ4n) is 1.29. The van der Waals surface area contributed by atoms with E-state index in [2.05, 4.69) is 10.1 Å². The molecule has 0 spiro atoms. The summed E-state index contributed by atoms with van der Waals surface area (Å²) < 4.78 is 1.65. The zero-order chi connectivity index (χ0) is 10.7. The Morgan fingerprint density at radius 2 is 2.33 bits per heavy atom. The molecule has 2 aromatic rings. The third-order valence-electron chi connectivity index (χ3n) is 2.13. The first-order valence-corrected chi connectivity index (χ1v) is 4.80. The smallest absolute Gasteiger partial charge is 0.164 e. The Balaban J connectivity index is 2.29. The minimum Gasteiger partial charge on any atom is -0.294 e. The molecule has 0 atom stereocenters. The van der Waals surface area contributed by atoms with E-state index in [1.165, 1.54) is 0 Å². The monoisotopic (exact) mass is 201 g/mol. The lowest BCUT2D eigenvalue weighted by Crippen LogP contribution is -2.01. The minimum absolute atomic E-state index is 0.106. The van der Waals surface area contributed by atoms with E-state index in [9.17, 15) is 4.79 Å². The molecule has 0 aliphatic rings. The van der Waals surface area contributed by atoms with Crippen LogP contribution in [0.15, 0.2) is 36.8 Å². The van der Waals surface area contributed by atoms with Crippen LogP contribution in [0, 0.1) is 0 Å². The zero-order valence-electron chi connectivity index (χ0n) is 8.42. The molecule has 4 heteroatoms. The molecule has 0 amide bonds. The van der Waals surface area contributed by atoms with Gasteiger partial charge < -0.3 is 0 Å². The lowest BCUT2D eigenvalue weighted by molar-refractivity contribution is 0.0988. The Hall–Kier alpha value is -1.97. The van der Waals surface area contributed by atoms with Crippen molar-refractivity contribution in [1.82, 2.24) is 14.8 Å². The average molecular weight is 201 g/mol. The molecule has 0 radical (unpaired) electrons.